The van der Waals surface area contributed by atoms with Crippen molar-refractivity contribution < 1.29 is 27.6 Å². The Labute approximate surface area is 199 Å². The predicted molar refractivity (Wildman–Crippen MR) is 119 cm³/mol. The summed E-state index contributed by atoms with van der Waals surface area (Å²) in [6, 6.07) is 7.98. The summed E-state index contributed by atoms with van der Waals surface area (Å²) in [5.74, 6) is -0.357. The molecule has 1 fully saturated rings. The maximum atomic E-state index is 12.8. The molecular weight excluding hydrogens is 465 g/mol. The van der Waals surface area contributed by atoms with Gasteiger partial charge in [0.15, 0.2) is 0 Å². The van der Waals surface area contributed by atoms with E-state index in [0.717, 1.165) is 28.3 Å². The van der Waals surface area contributed by atoms with Crippen LogP contribution in [0.4, 0.5) is 22.8 Å². The summed E-state index contributed by atoms with van der Waals surface area (Å²) in [4.78, 5) is 43.5. The summed E-state index contributed by atoms with van der Waals surface area (Å²) in [5, 5.41) is 8.26. The van der Waals surface area contributed by atoms with Gasteiger partial charge in [-0.25, -0.2) is 14.6 Å². The van der Waals surface area contributed by atoms with Crippen molar-refractivity contribution in [1.29, 1.82) is 0 Å². The molecular formula is C23H23F3N6O3. The number of imide groups is 1. The van der Waals surface area contributed by atoms with E-state index in [9.17, 15) is 27.6 Å². The topological polar surface area (TPSA) is 98.2 Å². The fourth-order valence-electron chi connectivity index (χ4n) is 3.94. The summed E-state index contributed by atoms with van der Waals surface area (Å²) in [6.07, 6.45) is -3.49. The number of hydrogen-bond donors (Lipinski definition) is 1. The second kappa shape index (κ2) is 9.35. The minimum atomic E-state index is -4.54. The molecule has 0 spiro atoms. The zero-order valence-electron chi connectivity index (χ0n) is 19.0. The van der Waals surface area contributed by atoms with Crippen LogP contribution in [0.3, 0.4) is 0 Å². The number of aryl methyl sites for hydroxylation is 1. The molecule has 9 nitrogen and oxygen atoms in total. The molecule has 1 unspecified atom stereocenters. The summed E-state index contributed by atoms with van der Waals surface area (Å²) < 4.78 is 38.1. The number of pyridine rings is 1. The van der Waals surface area contributed by atoms with E-state index in [2.05, 4.69) is 15.4 Å². The van der Waals surface area contributed by atoms with Gasteiger partial charge in [0.1, 0.15) is 5.69 Å². The first kappa shape index (κ1) is 24.2. The van der Waals surface area contributed by atoms with E-state index in [0.29, 0.717) is 17.8 Å². The van der Waals surface area contributed by atoms with Crippen molar-refractivity contribution >= 4 is 23.7 Å². The van der Waals surface area contributed by atoms with Crippen LogP contribution in [0.5, 0.6) is 0 Å². The predicted octanol–water partition coefficient (Wildman–Crippen LogP) is 2.99. The van der Waals surface area contributed by atoms with Crippen LogP contribution in [0, 0.1) is 6.92 Å². The molecule has 0 aliphatic carbocycles. The molecule has 0 bridgehead atoms. The van der Waals surface area contributed by atoms with Crippen molar-refractivity contribution in [3.05, 3.63) is 65.0 Å². The first-order valence-corrected chi connectivity index (χ1v) is 10.9. The van der Waals surface area contributed by atoms with Gasteiger partial charge in [-0.1, -0.05) is 35.9 Å². The highest BCUT2D eigenvalue weighted by Gasteiger charge is 2.42. The number of amides is 5. The van der Waals surface area contributed by atoms with Gasteiger partial charge in [-0.3, -0.25) is 14.7 Å². The van der Waals surface area contributed by atoms with Gasteiger partial charge in [0.25, 0.3) is 0 Å². The van der Waals surface area contributed by atoms with E-state index in [1.54, 1.807) is 0 Å². The number of halogens is 3. The average molecular weight is 488 g/mol. The molecule has 1 atom stereocenters. The molecule has 12 heteroatoms. The normalized spacial score (nSPS) is 18.2. The highest BCUT2D eigenvalue weighted by molar-refractivity contribution is 6.08. The number of carbonyl (C=O) groups is 3. The number of aromatic nitrogens is 1. The molecule has 5 amide bonds. The average Bonchev–Trinajstić information content (AvgIpc) is 3.41. The summed E-state index contributed by atoms with van der Waals surface area (Å²) in [7, 11) is 0. The Bertz CT molecular complexity index is 1160. The van der Waals surface area contributed by atoms with Crippen molar-refractivity contribution in [2.24, 2.45) is 5.10 Å². The standard InChI is InChI=1S/C23H23F3N6O3/c1-14-3-6-17(7-4-14)20-18(31-10-9-30(15(2)33)22(31)35)13-32(29-20)21(34)28-12-16-5-8-19(27-11-16)23(24,25)26/h3-8,11,18H,9-10,12-13H2,1-2H3,(H,28,34). The first-order valence-electron chi connectivity index (χ1n) is 10.9. The van der Waals surface area contributed by atoms with Gasteiger partial charge in [0, 0.05) is 32.8 Å². The third-order valence-corrected chi connectivity index (χ3v) is 5.83. The Kier molecular flexibility index (Phi) is 6.46. The quantitative estimate of drug-likeness (QED) is 0.716. The van der Waals surface area contributed by atoms with Gasteiger partial charge in [0.2, 0.25) is 5.91 Å². The number of alkyl halides is 3. The van der Waals surface area contributed by atoms with Gasteiger partial charge in [-0.05, 0) is 24.1 Å². The van der Waals surface area contributed by atoms with Gasteiger partial charge in [-0.15, -0.1) is 0 Å². The van der Waals surface area contributed by atoms with Crippen LogP contribution < -0.4 is 5.32 Å². The number of benzene rings is 1. The molecule has 2 aliphatic heterocycles. The lowest BCUT2D eigenvalue weighted by Gasteiger charge is -2.25. The van der Waals surface area contributed by atoms with Crippen LogP contribution in [0.25, 0.3) is 0 Å². The number of nitrogens with one attached hydrogen (secondary N) is 1. The second-order valence-corrected chi connectivity index (χ2v) is 8.30. The first-order chi connectivity index (χ1) is 16.5. The summed E-state index contributed by atoms with van der Waals surface area (Å²) in [6.45, 7) is 3.82. The van der Waals surface area contributed by atoms with Crippen molar-refractivity contribution in [2.75, 3.05) is 19.6 Å². The molecule has 3 heterocycles. The Hall–Kier alpha value is -3.96. The molecule has 2 aliphatic rings. The summed E-state index contributed by atoms with van der Waals surface area (Å²) >= 11 is 0. The Morgan fingerprint density at radius 1 is 1.11 bits per heavy atom. The minimum absolute atomic E-state index is 0.0543. The zero-order chi connectivity index (χ0) is 25.3. The number of carbonyl (C=O) groups excluding carboxylic acids is 3. The molecule has 1 saturated heterocycles. The molecule has 0 saturated carbocycles. The number of hydrogen-bond acceptors (Lipinski definition) is 5. The molecule has 4 rings (SSSR count). The molecule has 1 aromatic carbocycles. The van der Waals surface area contributed by atoms with Gasteiger partial charge in [-0.2, -0.15) is 18.3 Å². The Morgan fingerprint density at radius 2 is 1.83 bits per heavy atom. The van der Waals surface area contributed by atoms with E-state index >= 15 is 0 Å². The monoisotopic (exact) mass is 488 g/mol. The molecule has 1 aromatic heterocycles. The number of hydrazone groups is 1. The van der Waals surface area contributed by atoms with Crippen LogP contribution in [0.2, 0.25) is 0 Å². The second-order valence-electron chi connectivity index (χ2n) is 8.30. The minimum Gasteiger partial charge on any atom is -0.332 e. The fraction of sp³-hybridized carbons (Fsp3) is 0.348. The number of urea groups is 2. The number of rotatable bonds is 4. The lowest BCUT2D eigenvalue weighted by Crippen LogP contribution is -2.47. The lowest BCUT2D eigenvalue weighted by atomic mass is 10.0. The molecule has 35 heavy (non-hydrogen) atoms. The van der Waals surface area contributed by atoms with Crippen LogP contribution in [-0.2, 0) is 17.5 Å². The fourth-order valence-corrected chi connectivity index (χ4v) is 3.94. The third-order valence-electron chi connectivity index (χ3n) is 5.83. The van der Waals surface area contributed by atoms with Gasteiger partial charge < -0.3 is 10.2 Å². The zero-order valence-corrected chi connectivity index (χ0v) is 19.0. The highest BCUT2D eigenvalue weighted by atomic mass is 19.4. The van der Waals surface area contributed by atoms with Crippen molar-refractivity contribution in [1.82, 2.24) is 25.1 Å². The summed E-state index contributed by atoms with van der Waals surface area (Å²) in [5.41, 5.74) is 1.64. The largest absolute Gasteiger partial charge is 0.433 e. The van der Waals surface area contributed by atoms with Crippen molar-refractivity contribution in [3.8, 4) is 0 Å². The van der Waals surface area contributed by atoms with Crippen LogP contribution >= 0.6 is 0 Å². The van der Waals surface area contributed by atoms with Gasteiger partial charge in [0.05, 0.1) is 18.3 Å². The van der Waals surface area contributed by atoms with Crippen LogP contribution in [-0.4, -0.2) is 69.1 Å². The third kappa shape index (κ3) is 5.10. The maximum absolute atomic E-state index is 12.8. The molecule has 184 valence electrons. The van der Waals surface area contributed by atoms with E-state index in [1.165, 1.54) is 22.9 Å². The van der Waals surface area contributed by atoms with Gasteiger partial charge >= 0.3 is 18.2 Å². The number of nitrogens with zero attached hydrogens (tertiary/aromatic N) is 5. The van der Waals surface area contributed by atoms with E-state index < -0.39 is 30.0 Å². The highest BCUT2D eigenvalue weighted by Crippen LogP contribution is 2.27. The van der Waals surface area contributed by atoms with Crippen LogP contribution in [0.15, 0.2) is 47.7 Å². The van der Waals surface area contributed by atoms with Crippen LogP contribution in [0.1, 0.15) is 29.3 Å². The van der Waals surface area contributed by atoms with E-state index in [1.807, 2.05) is 31.2 Å². The molecule has 1 N–H and O–H groups in total. The Morgan fingerprint density at radius 3 is 2.40 bits per heavy atom. The molecule has 2 aromatic rings. The SMILES string of the molecule is CC(=O)N1CCN(C2CN(C(=O)NCc3ccc(C(F)(F)F)nc3)N=C2c2ccc(C)cc2)C1=O. The maximum Gasteiger partial charge on any atom is 0.433 e. The van der Waals surface area contributed by atoms with Crippen molar-refractivity contribution in [2.45, 2.75) is 32.6 Å². The Balaban J connectivity index is 1.50. The van der Waals surface area contributed by atoms with E-state index in [-0.39, 0.29) is 25.5 Å². The lowest BCUT2D eigenvalue weighted by molar-refractivity contribution is -0.141. The smallest absolute Gasteiger partial charge is 0.332 e. The molecule has 0 radical (unpaired) electrons. The van der Waals surface area contributed by atoms with Crippen molar-refractivity contribution in [3.63, 3.8) is 0 Å². The van der Waals surface area contributed by atoms with E-state index in [4.69, 9.17) is 0 Å².